The molecule has 0 aromatic heterocycles. The van der Waals surface area contributed by atoms with Crippen molar-refractivity contribution in [1.82, 2.24) is 0 Å². The quantitative estimate of drug-likeness (QED) is 0.633. The Labute approximate surface area is 168 Å². The summed E-state index contributed by atoms with van der Waals surface area (Å²) in [4.78, 5) is 12.8. The van der Waals surface area contributed by atoms with E-state index in [1.54, 1.807) is 36.4 Å². The lowest BCUT2D eigenvalue weighted by Crippen LogP contribution is -2.15. The van der Waals surface area contributed by atoms with Crippen molar-refractivity contribution in [2.45, 2.75) is 6.10 Å². The zero-order chi connectivity index (χ0) is 20.1. The van der Waals surface area contributed by atoms with E-state index in [2.05, 4.69) is 5.32 Å². The summed E-state index contributed by atoms with van der Waals surface area (Å²) in [5, 5.41) is 14.1. The van der Waals surface area contributed by atoms with Crippen LogP contribution in [0, 0.1) is 0 Å². The van der Waals surface area contributed by atoms with Crippen molar-refractivity contribution in [1.29, 1.82) is 0 Å². The molecule has 0 aliphatic rings. The lowest BCUT2D eigenvalue weighted by molar-refractivity contribution is 0.102. The number of rotatable bonds is 6. The van der Waals surface area contributed by atoms with Crippen molar-refractivity contribution >= 4 is 23.2 Å². The predicted molar refractivity (Wildman–Crippen MR) is 109 cm³/mol. The van der Waals surface area contributed by atoms with Gasteiger partial charge in [0.15, 0.2) is 0 Å². The number of hydrogen-bond donors (Lipinski definition) is 2. The first kappa shape index (κ1) is 19.7. The number of aliphatic hydroxyl groups is 1. The van der Waals surface area contributed by atoms with Gasteiger partial charge >= 0.3 is 0 Å². The van der Waals surface area contributed by atoms with Crippen LogP contribution in [-0.4, -0.2) is 25.2 Å². The maximum absolute atomic E-state index is 12.8. The molecule has 0 spiro atoms. The number of halogens is 1. The summed E-state index contributed by atoms with van der Waals surface area (Å²) in [6.45, 7) is 0. The number of amides is 1. The molecule has 2 N–H and O–H groups in total. The number of aliphatic hydroxyl groups excluding tert-OH is 1. The molecule has 0 saturated carbocycles. The summed E-state index contributed by atoms with van der Waals surface area (Å²) in [5.74, 6) is 0.649. The SMILES string of the molecule is COc1cc(OC)cc(C(=O)Nc2ccc(Cl)cc2[C@@H](O)c2ccccc2)c1. The standard InChI is InChI=1S/C22H20ClNO4/c1-27-17-10-15(11-18(13-17)28-2)22(26)24-20-9-8-16(23)12-19(20)21(25)14-6-4-3-5-7-14/h3-13,21,25H,1-2H3,(H,24,26)/t21-/m0/s1. The summed E-state index contributed by atoms with van der Waals surface area (Å²) in [5.41, 5.74) is 2.03. The van der Waals surface area contributed by atoms with Gasteiger partial charge in [0, 0.05) is 27.9 Å². The molecule has 3 aromatic carbocycles. The van der Waals surface area contributed by atoms with Crippen molar-refractivity contribution in [3.05, 3.63) is 88.4 Å². The topological polar surface area (TPSA) is 67.8 Å². The Hall–Kier alpha value is -3.02. The second kappa shape index (κ2) is 8.78. The van der Waals surface area contributed by atoms with E-state index in [1.807, 2.05) is 30.3 Å². The number of anilines is 1. The highest BCUT2D eigenvalue weighted by atomic mass is 35.5. The highest BCUT2D eigenvalue weighted by molar-refractivity contribution is 6.30. The smallest absolute Gasteiger partial charge is 0.255 e. The molecule has 3 aromatic rings. The summed E-state index contributed by atoms with van der Waals surface area (Å²) < 4.78 is 10.4. The van der Waals surface area contributed by atoms with Crippen LogP contribution in [0.2, 0.25) is 5.02 Å². The molecule has 0 aliphatic heterocycles. The van der Waals surface area contributed by atoms with Crippen LogP contribution in [0.15, 0.2) is 66.7 Å². The minimum Gasteiger partial charge on any atom is -0.497 e. The van der Waals surface area contributed by atoms with Crippen LogP contribution in [-0.2, 0) is 0 Å². The second-order valence-electron chi connectivity index (χ2n) is 6.10. The van der Waals surface area contributed by atoms with Crippen LogP contribution in [0.5, 0.6) is 11.5 Å². The summed E-state index contributed by atoms with van der Waals surface area (Å²) in [6.07, 6.45) is -0.935. The Balaban J connectivity index is 1.94. The number of hydrogen-bond acceptors (Lipinski definition) is 4. The first-order valence-corrected chi connectivity index (χ1v) is 8.96. The van der Waals surface area contributed by atoms with Gasteiger partial charge in [-0.25, -0.2) is 0 Å². The van der Waals surface area contributed by atoms with E-state index in [0.29, 0.717) is 38.9 Å². The number of methoxy groups -OCH3 is 2. The van der Waals surface area contributed by atoms with Crippen LogP contribution >= 0.6 is 11.6 Å². The molecule has 0 heterocycles. The number of carbonyl (C=O) groups excluding carboxylic acids is 1. The zero-order valence-electron chi connectivity index (χ0n) is 15.5. The average molecular weight is 398 g/mol. The van der Waals surface area contributed by atoms with E-state index < -0.39 is 6.10 Å². The first-order valence-electron chi connectivity index (χ1n) is 8.58. The third-order valence-corrected chi connectivity index (χ3v) is 4.52. The number of ether oxygens (including phenoxy) is 2. The van der Waals surface area contributed by atoms with Crippen molar-refractivity contribution in [3.63, 3.8) is 0 Å². The molecule has 3 rings (SSSR count). The predicted octanol–water partition coefficient (Wildman–Crippen LogP) is 4.69. The van der Waals surface area contributed by atoms with Crippen LogP contribution in [0.25, 0.3) is 0 Å². The van der Waals surface area contributed by atoms with Gasteiger partial charge in [0.1, 0.15) is 17.6 Å². The molecule has 0 bridgehead atoms. The van der Waals surface area contributed by atoms with Crippen molar-refractivity contribution in [2.24, 2.45) is 0 Å². The normalized spacial score (nSPS) is 11.6. The summed E-state index contributed by atoms with van der Waals surface area (Å²) in [6, 6.07) is 19.0. The van der Waals surface area contributed by atoms with Gasteiger partial charge in [0.2, 0.25) is 0 Å². The van der Waals surface area contributed by atoms with E-state index >= 15 is 0 Å². The number of benzene rings is 3. The summed E-state index contributed by atoms with van der Waals surface area (Å²) in [7, 11) is 3.04. The van der Waals surface area contributed by atoms with E-state index in [9.17, 15) is 9.90 Å². The van der Waals surface area contributed by atoms with Gasteiger partial charge in [-0.3, -0.25) is 4.79 Å². The van der Waals surface area contributed by atoms with Crippen LogP contribution < -0.4 is 14.8 Å². The second-order valence-corrected chi connectivity index (χ2v) is 6.54. The summed E-state index contributed by atoms with van der Waals surface area (Å²) >= 11 is 6.12. The highest BCUT2D eigenvalue weighted by Gasteiger charge is 2.18. The minimum absolute atomic E-state index is 0.360. The van der Waals surface area contributed by atoms with Gasteiger partial charge in [-0.15, -0.1) is 0 Å². The van der Waals surface area contributed by atoms with Crippen molar-refractivity contribution < 1.29 is 19.4 Å². The van der Waals surface area contributed by atoms with Crippen LogP contribution in [0.3, 0.4) is 0 Å². The molecule has 0 radical (unpaired) electrons. The fraction of sp³-hybridized carbons (Fsp3) is 0.136. The van der Waals surface area contributed by atoms with Crippen LogP contribution in [0.4, 0.5) is 5.69 Å². The minimum atomic E-state index is -0.935. The third-order valence-electron chi connectivity index (χ3n) is 4.29. The molecule has 0 fully saturated rings. The first-order chi connectivity index (χ1) is 13.5. The maximum atomic E-state index is 12.8. The Morgan fingerprint density at radius 2 is 1.61 bits per heavy atom. The monoisotopic (exact) mass is 397 g/mol. The lowest BCUT2D eigenvalue weighted by Gasteiger charge is -2.17. The molecule has 1 atom stereocenters. The zero-order valence-corrected chi connectivity index (χ0v) is 16.2. The van der Waals surface area contributed by atoms with Gasteiger partial charge < -0.3 is 19.9 Å². The average Bonchev–Trinajstić information content (AvgIpc) is 2.74. The van der Waals surface area contributed by atoms with Gasteiger partial charge in [0.05, 0.1) is 14.2 Å². The van der Waals surface area contributed by atoms with Gasteiger partial charge in [0.25, 0.3) is 5.91 Å². The van der Waals surface area contributed by atoms with Gasteiger partial charge in [-0.05, 0) is 35.9 Å². The third kappa shape index (κ3) is 4.44. The van der Waals surface area contributed by atoms with Crippen molar-refractivity contribution in [2.75, 3.05) is 19.5 Å². The Kier molecular flexibility index (Phi) is 6.19. The molecule has 1 amide bonds. The van der Waals surface area contributed by atoms with Crippen molar-refractivity contribution in [3.8, 4) is 11.5 Å². The molecule has 0 aliphatic carbocycles. The van der Waals surface area contributed by atoms with E-state index in [0.717, 1.165) is 0 Å². The molecule has 5 nitrogen and oxygen atoms in total. The van der Waals surface area contributed by atoms with E-state index in [1.165, 1.54) is 14.2 Å². The van der Waals surface area contributed by atoms with Gasteiger partial charge in [-0.2, -0.15) is 0 Å². The molecule has 6 heteroatoms. The Morgan fingerprint density at radius 3 is 2.21 bits per heavy atom. The number of nitrogens with one attached hydrogen (secondary N) is 1. The van der Waals surface area contributed by atoms with E-state index in [-0.39, 0.29) is 5.91 Å². The Morgan fingerprint density at radius 1 is 0.964 bits per heavy atom. The van der Waals surface area contributed by atoms with E-state index in [4.69, 9.17) is 21.1 Å². The Bertz CT molecular complexity index is 953. The molecule has 0 unspecified atom stereocenters. The highest BCUT2D eigenvalue weighted by Crippen LogP contribution is 2.31. The maximum Gasteiger partial charge on any atom is 0.255 e. The molecular formula is C22H20ClNO4. The fourth-order valence-corrected chi connectivity index (χ4v) is 3.00. The molecular weight excluding hydrogens is 378 g/mol. The molecule has 28 heavy (non-hydrogen) atoms. The largest absolute Gasteiger partial charge is 0.497 e. The molecule has 144 valence electrons. The van der Waals surface area contributed by atoms with Crippen LogP contribution in [0.1, 0.15) is 27.6 Å². The number of carbonyl (C=O) groups is 1. The van der Waals surface area contributed by atoms with Gasteiger partial charge in [-0.1, -0.05) is 41.9 Å². The fourth-order valence-electron chi connectivity index (χ4n) is 2.82. The molecule has 0 saturated heterocycles. The lowest BCUT2D eigenvalue weighted by atomic mass is 9.99.